The van der Waals surface area contributed by atoms with Gasteiger partial charge < -0.3 is 15.6 Å². The number of benzene rings is 1. The highest BCUT2D eigenvalue weighted by atomic mass is 32.1. The average molecular weight is 403 g/mol. The number of nitrogens with zero attached hydrogens (tertiary/aromatic N) is 1. The Labute approximate surface area is 168 Å². The number of fused-ring (bicyclic) bond motifs is 1. The summed E-state index contributed by atoms with van der Waals surface area (Å²) in [5.74, 6) is 0.0234. The molecule has 0 saturated heterocycles. The first-order chi connectivity index (χ1) is 13.6. The maximum atomic E-state index is 12.5. The minimum absolute atomic E-state index is 0.0861. The number of amides is 2. The molecule has 8 heteroatoms. The molecule has 1 aliphatic rings. The standard InChI is InChI=1S/C20H26N4O3S/c25-17(21-11-12-22-18(26)14-6-2-1-3-7-14)10-13-24-19(27)15-8-4-5-9-16(15)23-20(24)28/h4-5,8-9,14H,1-3,6-7,10-13H2,(H,21,25)(H,22,26)(H,23,28). The highest BCUT2D eigenvalue weighted by molar-refractivity contribution is 7.71. The highest BCUT2D eigenvalue weighted by Gasteiger charge is 2.20. The van der Waals surface area contributed by atoms with Gasteiger partial charge in [0.05, 0.1) is 10.9 Å². The first-order valence-electron chi connectivity index (χ1n) is 9.82. The van der Waals surface area contributed by atoms with E-state index in [-0.39, 0.29) is 36.3 Å². The van der Waals surface area contributed by atoms with Gasteiger partial charge in [0.1, 0.15) is 0 Å². The van der Waals surface area contributed by atoms with E-state index in [1.807, 2.05) is 6.07 Å². The fourth-order valence-electron chi connectivity index (χ4n) is 3.60. The summed E-state index contributed by atoms with van der Waals surface area (Å²) in [6.07, 6.45) is 5.50. The van der Waals surface area contributed by atoms with Crippen molar-refractivity contribution in [3.8, 4) is 0 Å². The van der Waals surface area contributed by atoms with Gasteiger partial charge in [-0.2, -0.15) is 0 Å². The Morgan fingerprint density at radius 2 is 1.82 bits per heavy atom. The third-order valence-electron chi connectivity index (χ3n) is 5.17. The quantitative estimate of drug-likeness (QED) is 0.489. The van der Waals surface area contributed by atoms with E-state index in [9.17, 15) is 14.4 Å². The summed E-state index contributed by atoms with van der Waals surface area (Å²) in [4.78, 5) is 39.7. The normalized spacial score (nSPS) is 14.7. The zero-order chi connectivity index (χ0) is 19.9. The number of rotatable bonds is 7. The molecule has 1 aromatic heterocycles. The van der Waals surface area contributed by atoms with Gasteiger partial charge in [-0.3, -0.25) is 19.0 Å². The van der Waals surface area contributed by atoms with E-state index in [1.165, 1.54) is 11.0 Å². The maximum absolute atomic E-state index is 12.5. The van der Waals surface area contributed by atoms with Crippen LogP contribution in [0.4, 0.5) is 0 Å². The number of para-hydroxylation sites is 1. The molecule has 2 aromatic rings. The van der Waals surface area contributed by atoms with Crippen molar-refractivity contribution in [3.63, 3.8) is 0 Å². The van der Waals surface area contributed by atoms with Crippen LogP contribution < -0.4 is 16.2 Å². The van der Waals surface area contributed by atoms with Gasteiger partial charge >= 0.3 is 0 Å². The number of aromatic amines is 1. The molecule has 0 atom stereocenters. The second-order valence-corrected chi connectivity index (χ2v) is 7.55. The van der Waals surface area contributed by atoms with Crippen LogP contribution in [0.5, 0.6) is 0 Å². The van der Waals surface area contributed by atoms with Crippen LogP contribution in [0.25, 0.3) is 10.9 Å². The zero-order valence-corrected chi connectivity index (χ0v) is 16.6. The first-order valence-corrected chi connectivity index (χ1v) is 10.2. The number of hydrogen-bond donors (Lipinski definition) is 3. The third-order valence-corrected chi connectivity index (χ3v) is 5.50. The predicted octanol–water partition coefficient (Wildman–Crippen LogP) is 2.26. The molecule has 0 unspecified atom stereocenters. The Kier molecular flexibility index (Phi) is 6.97. The van der Waals surface area contributed by atoms with Crippen molar-refractivity contribution in [2.24, 2.45) is 5.92 Å². The van der Waals surface area contributed by atoms with Gasteiger partial charge in [-0.1, -0.05) is 31.4 Å². The molecule has 28 heavy (non-hydrogen) atoms. The summed E-state index contributed by atoms with van der Waals surface area (Å²) in [6.45, 7) is 0.993. The van der Waals surface area contributed by atoms with Crippen LogP contribution in [0, 0.1) is 10.7 Å². The van der Waals surface area contributed by atoms with Gasteiger partial charge in [0.25, 0.3) is 5.56 Å². The fraction of sp³-hybridized carbons (Fsp3) is 0.500. The molecule has 1 aliphatic carbocycles. The molecule has 0 aliphatic heterocycles. The average Bonchev–Trinajstić information content (AvgIpc) is 2.71. The summed E-state index contributed by atoms with van der Waals surface area (Å²) >= 11 is 5.24. The van der Waals surface area contributed by atoms with E-state index in [2.05, 4.69) is 15.6 Å². The second-order valence-electron chi connectivity index (χ2n) is 7.16. The van der Waals surface area contributed by atoms with E-state index >= 15 is 0 Å². The molecule has 7 nitrogen and oxygen atoms in total. The van der Waals surface area contributed by atoms with Gasteiger partial charge in [-0.15, -0.1) is 0 Å². The number of hydrogen-bond acceptors (Lipinski definition) is 4. The lowest BCUT2D eigenvalue weighted by molar-refractivity contribution is -0.126. The molecular formula is C20H26N4O3S. The lowest BCUT2D eigenvalue weighted by Gasteiger charge is -2.20. The van der Waals surface area contributed by atoms with E-state index in [4.69, 9.17) is 12.2 Å². The van der Waals surface area contributed by atoms with Gasteiger partial charge in [0.2, 0.25) is 11.8 Å². The zero-order valence-electron chi connectivity index (χ0n) is 15.8. The van der Waals surface area contributed by atoms with Crippen molar-refractivity contribution in [2.75, 3.05) is 13.1 Å². The van der Waals surface area contributed by atoms with Crippen molar-refractivity contribution >= 4 is 34.9 Å². The van der Waals surface area contributed by atoms with Crippen LogP contribution in [0.3, 0.4) is 0 Å². The smallest absolute Gasteiger partial charge is 0.262 e. The van der Waals surface area contributed by atoms with Gasteiger partial charge in [-0.05, 0) is 37.2 Å². The number of carbonyl (C=O) groups excluding carboxylic acids is 2. The minimum Gasteiger partial charge on any atom is -0.354 e. The number of nitrogens with one attached hydrogen (secondary N) is 3. The van der Waals surface area contributed by atoms with Gasteiger partial charge in [-0.25, -0.2) is 0 Å². The second kappa shape index (κ2) is 9.64. The van der Waals surface area contributed by atoms with Crippen molar-refractivity contribution in [2.45, 2.75) is 45.1 Å². The molecule has 0 bridgehead atoms. The molecule has 1 aromatic carbocycles. The van der Waals surface area contributed by atoms with Crippen LogP contribution in [-0.2, 0) is 16.1 Å². The van der Waals surface area contributed by atoms with Crippen molar-refractivity contribution < 1.29 is 9.59 Å². The topological polar surface area (TPSA) is 96.0 Å². The largest absolute Gasteiger partial charge is 0.354 e. The molecule has 3 rings (SSSR count). The van der Waals surface area contributed by atoms with E-state index < -0.39 is 0 Å². The molecular weight excluding hydrogens is 376 g/mol. The Balaban J connectivity index is 1.44. The number of aromatic nitrogens is 2. The number of H-pyrrole nitrogens is 1. The molecule has 150 valence electrons. The lowest BCUT2D eigenvalue weighted by atomic mass is 9.89. The molecule has 0 radical (unpaired) electrons. The molecule has 1 saturated carbocycles. The first kappa shape index (κ1) is 20.3. The molecule has 2 amide bonds. The summed E-state index contributed by atoms with van der Waals surface area (Å²) in [5.41, 5.74) is 0.485. The Bertz CT molecular complexity index is 960. The Hall–Kier alpha value is -2.48. The van der Waals surface area contributed by atoms with E-state index in [0.29, 0.717) is 28.8 Å². The molecule has 1 heterocycles. The summed E-state index contributed by atoms with van der Waals surface area (Å²) < 4.78 is 1.71. The van der Waals surface area contributed by atoms with Crippen LogP contribution in [0.15, 0.2) is 29.1 Å². The van der Waals surface area contributed by atoms with E-state index in [0.717, 1.165) is 25.7 Å². The molecule has 1 fully saturated rings. The highest BCUT2D eigenvalue weighted by Crippen LogP contribution is 2.23. The third kappa shape index (κ3) is 5.07. The fourth-order valence-corrected chi connectivity index (χ4v) is 3.88. The predicted molar refractivity (Wildman–Crippen MR) is 111 cm³/mol. The summed E-state index contributed by atoms with van der Waals surface area (Å²) in [6, 6.07) is 7.15. The van der Waals surface area contributed by atoms with Crippen LogP contribution in [0.1, 0.15) is 38.5 Å². The minimum atomic E-state index is -0.202. The monoisotopic (exact) mass is 402 g/mol. The van der Waals surface area contributed by atoms with E-state index in [1.54, 1.807) is 18.2 Å². The van der Waals surface area contributed by atoms with Gasteiger partial charge in [0.15, 0.2) is 4.77 Å². The van der Waals surface area contributed by atoms with Crippen molar-refractivity contribution in [1.29, 1.82) is 0 Å². The van der Waals surface area contributed by atoms with Gasteiger partial charge in [0, 0.05) is 32.0 Å². The Morgan fingerprint density at radius 1 is 1.11 bits per heavy atom. The van der Waals surface area contributed by atoms with Crippen molar-refractivity contribution in [3.05, 3.63) is 39.4 Å². The van der Waals surface area contributed by atoms with Crippen LogP contribution >= 0.6 is 12.2 Å². The number of carbonyl (C=O) groups is 2. The Morgan fingerprint density at radius 3 is 2.61 bits per heavy atom. The summed E-state index contributed by atoms with van der Waals surface area (Å²) in [5, 5.41) is 6.21. The molecule has 0 spiro atoms. The lowest BCUT2D eigenvalue weighted by Crippen LogP contribution is -2.38. The van der Waals surface area contributed by atoms with Crippen molar-refractivity contribution in [1.82, 2.24) is 20.2 Å². The SMILES string of the molecule is O=C(CCn1c(=S)[nH]c2ccccc2c1=O)NCCNC(=O)C1CCCCC1. The van der Waals surface area contributed by atoms with Crippen LogP contribution in [-0.4, -0.2) is 34.5 Å². The maximum Gasteiger partial charge on any atom is 0.262 e. The summed E-state index contributed by atoms with van der Waals surface area (Å²) in [7, 11) is 0. The van der Waals surface area contributed by atoms with Crippen LogP contribution in [0.2, 0.25) is 0 Å². The molecule has 3 N–H and O–H groups in total.